The predicted octanol–water partition coefficient (Wildman–Crippen LogP) is 1.58. The van der Waals surface area contributed by atoms with Crippen molar-refractivity contribution in [1.29, 1.82) is 0 Å². The second-order valence-corrected chi connectivity index (χ2v) is 6.06. The molecule has 6 nitrogen and oxygen atoms in total. The molecule has 0 spiro atoms. The SMILES string of the molecule is CCCCN(C)CC1CCN(C(=O)c2cc(N)n[nH]2)CC1. The molecule has 1 aromatic rings. The molecule has 1 fully saturated rings. The van der Waals surface area contributed by atoms with Crippen LogP contribution in [0.2, 0.25) is 0 Å². The maximum Gasteiger partial charge on any atom is 0.271 e. The quantitative estimate of drug-likeness (QED) is 0.834. The smallest absolute Gasteiger partial charge is 0.271 e. The van der Waals surface area contributed by atoms with Crippen LogP contribution in [0.3, 0.4) is 0 Å². The topological polar surface area (TPSA) is 78.2 Å². The third-order valence-electron chi connectivity index (χ3n) is 4.19. The van der Waals surface area contributed by atoms with Crippen LogP contribution in [0, 0.1) is 5.92 Å². The minimum absolute atomic E-state index is 0.0111. The molecule has 1 aliphatic heterocycles. The van der Waals surface area contributed by atoms with E-state index in [1.54, 1.807) is 6.07 Å². The molecular formula is C15H27N5O. The molecule has 0 aromatic carbocycles. The van der Waals surface area contributed by atoms with E-state index in [-0.39, 0.29) is 5.91 Å². The van der Waals surface area contributed by atoms with Gasteiger partial charge in [0.1, 0.15) is 11.5 Å². The number of nitrogens with one attached hydrogen (secondary N) is 1. The van der Waals surface area contributed by atoms with Gasteiger partial charge in [-0.25, -0.2) is 0 Å². The van der Waals surface area contributed by atoms with Crippen molar-refractivity contribution in [3.8, 4) is 0 Å². The fourth-order valence-corrected chi connectivity index (χ4v) is 2.90. The van der Waals surface area contributed by atoms with E-state index in [0.29, 0.717) is 17.4 Å². The van der Waals surface area contributed by atoms with Crippen molar-refractivity contribution in [2.24, 2.45) is 5.92 Å². The molecule has 0 saturated carbocycles. The molecule has 2 heterocycles. The van der Waals surface area contributed by atoms with Gasteiger partial charge < -0.3 is 15.5 Å². The lowest BCUT2D eigenvalue weighted by Crippen LogP contribution is -2.41. The first-order valence-electron chi connectivity index (χ1n) is 7.88. The molecule has 2 rings (SSSR count). The normalized spacial score (nSPS) is 16.6. The largest absolute Gasteiger partial charge is 0.382 e. The second kappa shape index (κ2) is 7.45. The molecule has 0 atom stereocenters. The van der Waals surface area contributed by atoms with Crippen molar-refractivity contribution in [1.82, 2.24) is 20.0 Å². The van der Waals surface area contributed by atoms with Crippen molar-refractivity contribution in [3.63, 3.8) is 0 Å². The van der Waals surface area contributed by atoms with E-state index < -0.39 is 0 Å². The van der Waals surface area contributed by atoms with Gasteiger partial charge in [0.05, 0.1) is 0 Å². The highest BCUT2D eigenvalue weighted by atomic mass is 16.2. The molecule has 1 amide bonds. The van der Waals surface area contributed by atoms with Gasteiger partial charge in [-0.2, -0.15) is 5.10 Å². The van der Waals surface area contributed by atoms with E-state index in [9.17, 15) is 4.79 Å². The van der Waals surface area contributed by atoms with Gasteiger partial charge in [0.2, 0.25) is 0 Å². The van der Waals surface area contributed by atoms with Crippen molar-refractivity contribution in [2.45, 2.75) is 32.6 Å². The molecule has 1 saturated heterocycles. The van der Waals surface area contributed by atoms with Gasteiger partial charge in [-0.05, 0) is 38.8 Å². The highest BCUT2D eigenvalue weighted by Gasteiger charge is 2.25. The van der Waals surface area contributed by atoms with Gasteiger partial charge in [0.15, 0.2) is 0 Å². The number of piperidine rings is 1. The first-order chi connectivity index (χ1) is 10.1. The summed E-state index contributed by atoms with van der Waals surface area (Å²) in [7, 11) is 2.20. The van der Waals surface area contributed by atoms with Gasteiger partial charge in [0, 0.05) is 25.7 Å². The summed E-state index contributed by atoms with van der Waals surface area (Å²) < 4.78 is 0. The first-order valence-corrected chi connectivity index (χ1v) is 7.88. The Balaban J connectivity index is 1.76. The number of nitrogens with zero attached hydrogens (tertiary/aromatic N) is 3. The van der Waals surface area contributed by atoms with Gasteiger partial charge >= 0.3 is 0 Å². The van der Waals surface area contributed by atoms with E-state index in [1.165, 1.54) is 19.4 Å². The van der Waals surface area contributed by atoms with Crippen LogP contribution in [0.25, 0.3) is 0 Å². The summed E-state index contributed by atoms with van der Waals surface area (Å²) >= 11 is 0. The molecule has 0 bridgehead atoms. The molecule has 21 heavy (non-hydrogen) atoms. The van der Waals surface area contributed by atoms with Crippen LogP contribution in [0.5, 0.6) is 0 Å². The number of aromatic amines is 1. The molecular weight excluding hydrogens is 266 g/mol. The number of hydrogen-bond acceptors (Lipinski definition) is 4. The van der Waals surface area contributed by atoms with Crippen LogP contribution in [0.4, 0.5) is 5.82 Å². The second-order valence-electron chi connectivity index (χ2n) is 6.06. The standard InChI is InChI=1S/C15H27N5O/c1-3-4-7-19(2)11-12-5-8-20(9-6-12)15(21)13-10-14(16)18-17-13/h10,12H,3-9,11H2,1-2H3,(H3,16,17,18). The van der Waals surface area contributed by atoms with Crippen molar-refractivity contribution in [2.75, 3.05) is 39.0 Å². The number of amides is 1. The lowest BCUT2D eigenvalue weighted by atomic mass is 9.96. The molecule has 1 aromatic heterocycles. The predicted molar refractivity (Wildman–Crippen MR) is 84.0 cm³/mol. The van der Waals surface area contributed by atoms with Crippen LogP contribution >= 0.6 is 0 Å². The summed E-state index contributed by atoms with van der Waals surface area (Å²) in [5, 5.41) is 6.51. The lowest BCUT2D eigenvalue weighted by Gasteiger charge is -2.33. The number of carbonyl (C=O) groups is 1. The Labute approximate surface area is 126 Å². The number of carbonyl (C=O) groups excluding carboxylic acids is 1. The van der Waals surface area contributed by atoms with Crippen LogP contribution in [0.15, 0.2) is 6.07 Å². The minimum Gasteiger partial charge on any atom is -0.382 e. The van der Waals surface area contributed by atoms with Crippen molar-refractivity contribution in [3.05, 3.63) is 11.8 Å². The number of hydrogen-bond donors (Lipinski definition) is 2. The van der Waals surface area contributed by atoms with Crippen LogP contribution in [-0.2, 0) is 0 Å². The Bertz CT molecular complexity index is 451. The zero-order valence-corrected chi connectivity index (χ0v) is 13.1. The van der Waals surface area contributed by atoms with E-state index in [1.807, 2.05) is 4.90 Å². The van der Waals surface area contributed by atoms with Crippen LogP contribution in [0.1, 0.15) is 43.1 Å². The number of anilines is 1. The molecule has 0 unspecified atom stereocenters. The maximum absolute atomic E-state index is 12.3. The highest BCUT2D eigenvalue weighted by Crippen LogP contribution is 2.20. The summed E-state index contributed by atoms with van der Waals surface area (Å²) in [4.78, 5) is 16.6. The highest BCUT2D eigenvalue weighted by molar-refractivity contribution is 5.93. The number of unbranched alkanes of at least 4 members (excludes halogenated alkanes) is 1. The van der Waals surface area contributed by atoms with Crippen molar-refractivity contribution < 1.29 is 4.79 Å². The molecule has 0 radical (unpaired) electrons. The Kier molecular flexibility index (Phi) is 5.61. The first kappa shape index (κ1) is 15.8. The summed E-state index contributed by atoms with van der Waals surface area (Å²) in [5.41, 5.74) is 6.04. The van der Waals surface area contributed by atoms with Crippen molar-refractivity contribution >= 4 is 11.7 Å². The molecule has 6 heteroatoms. The van der Waals surface area contributed by atoms with Gasteiger partial charge in [-0.3, -0.25) is 9.89 Å². The number of likely N-dealkylation sites (tertiary alicyclic amines) is 1. The Morgan fingerprint density at radius 2 is 2.24 bits per heavy atom. The van der Waals surface area contributed by atoms with E-state index in [2.05, 4.69) is 29.1 Å². The molecule has 118 valence electrons. The van der Waals surface area contributed by atoms with Crippen LogP contribution in [-0.4, -0.2) is 59.1 Å². The number of nitrogen functional groups attached to an aromatic ring is 1. The average molecular weight is 293 g/mol. The fourth-order valence-electron chi connectivity index (χ4n) is 2.90. The lowest BCUT2D eigenvalue weighted by molar-refractivity contribution is 0.0667. The van der Waals surface area contributed by atoms with E-state index in [0.717, 1.165) is 32.5 Å². The Morgan fingerprint density at radius 1 is 1.52 bits per heavy atom. The summed E-state index contributed by atoms with van der Waals surface area (Å²) in [5.74, 6) is 1.07. The molecule has 1 aliphatic rings. The summed E-state index contributed by atoms with van der Waals surface area (Å²) in [6.45, 7) is 6.18. The monoisotopic (exact) mass is 293 g/mol. The Morgan fingerprint density at radius 3 is 2.81 bits per heavy atom. The third-order valence-corrected chi connectivity index (χ3v) is 4.19. The summed E-state index contributed by atoms with van der Waals surface area (Å²) in [6, 6.07) is 1.60. The summed E-state index contributed by atoms with van der Waals surface area (Å²) in [6.07, 6.45) is 4.65. The third kappa shape index (κ3) is 4.46. The average Bonchev–Trinajstić information content (AvgIpc) is 2.92. The van der Waals surface area contributed by atoms with Gasteiger partial charge in [-0.1, -0.05) is 13.3 Å². The number of rotatable bonds is 6. The molecule has 0 aliphatic carbocycles. The zero-order valence-electron chi connectivity index (χ0n) is 13.1. The minimum atomic E-state index is 0.0111. The van der Waals surface area contributed by atoms with E-state index in [4.69, 9.17) is 5.73 Å². The fraction of sp³-hybridized carbons (Fsp3) is 0.733. The number of nitrogens with two attached hydrogens (primary N) is 1. The maximum atomic E-state index is 12.3. The van der Waals surface area contributed by atoms with E-state index >= 15 is 0 Å². The van der Waals surface area contributed by atoms with Gasteiger partial charge in [0.25, 0.3) is 5.91 Å². The number of H-pyrrole nitrogens is 1. The zero-order chi connectivity index (χ0) is 15.2. The van der Waals surface area contributed by atoms with Gasteiger partial charge in [-0.15, -0.1) is 0 Å². The molecule has 3 N–H and O–H groups in total. The Hall–Kier alpha value is -1.56. The van der Waals surface area contributed by atoms with Crippen LogP contribution < -0.4 is 5.73 Å². The number of aromatic nitrogens is 2.